The summed E-state index contributed by atoms with van der Waals surface area (Å²) >= 11 is 0. The molecule has 0 bridgehead atoms. The number of nitrogens with one attached hydrogen (secondary N) is 1. The van der Waals surface area contributed by atoms with E-state index in [1.165, 1.54) is 6.07 Å². The van der Waals surface area contributed by atoms with Crippen LogP contribution in [0.5, 0.6) is 0 Å². The van der Waals surface area contributed by atoms with E-state index in [9.17, 15) is 8.78 Å². The zero-order valence-corrected chi connectivity index (χ0v) is 11.0. The van der Waals surface area contributed by atoms with Crippen molar-refractivity contribution in [2.45, 2.75) is 6.54 Å². The lowest BCUT2D eigenvalue weighted by atomic mass is 10.1. The topological polar surface area (TPSA) is 17.0 Å². The quantitative estimate of drug-likeness (QED) is 0.760. The summed E-state index contributed by atoms with van der Waals surface area (Å²) in [4.78, 5) is 0. The maximum absolute atomic E-state index is 13.6. The van der Waals surface area contributed by atoms with E-state index in [1.54, 1.807) is 0 Å². The molecule has 4 heteroatoms. The maximum atomic E-state index is 13.6. The summed E-state index contributed by atoms with van der Waals surface area (Å²) in [5, 5.41) is 4.06. The van der Waals surface area contributed by atoms with Gasteiger partial charge in [-0.1, -0.05) is 18.2 Å². The van der Waals surface area contributed by atoms with Gasteiger partial charge in [0.15, 0.2) is 0 Å². The summed E-state index contributed by atoms with van der Waals surface area (Å²) in [6.45, 7) is 0.446. The molecule has 0 saturated heterocycles. The number of anilines is 1. The predicted molar refractivity (Wildman–Crippen MR) is 76.6 cm³/mol. The molecule has 2 aromatic carbocycles. The molecule has 102 valence electrons. The van der Waals surface area contributed by atoms with Crippen molar-refractivity contribution in [2.75, 3.05) is 5.32 Å². The van der Waals surface area contributed by atoms with Crippen molar-refractivity contribution in [2.24, 2.45) is 7.05 Å². The Morgan fingerprint density at radius 3 is 2.75 bits per heavy atom. The van der Waals surface area contributed by atoms with E-state index in [-0.39, 0.29) is 5.69 Å². The van der Waals surface area contributed by atoms with E-state index in [1.807, 2.05) is 42.1 Å². The SMILES string of the molecule is Cn1cc(CNc2cc(F)ccc2F)c2ccccc21. The van der Waals surface area contributed by atoms with Gasteiger partial charge >= 0.3 is 0 Å². The Bertz CT molecular complexity index is 762. The van der Waals surface area contributed by atoms with Crippen molar-refractivity contribution in [1.29, 1.82) is 0 Å². The van der Waals surface area contributed by atoms with Gasteiger partial charge in [0, 0.05) is 30.7 Å². The van der Waals surface area contributed by atoms with Crippen molar-refractivity contribution in [1.82, 2.24) is 4.57 Å². The molecule has 0 amide bonds. The first kappa shape index (κ1) is 12.7. The Hall–Kier alpha value is -2.36. The van der Waals surface area contributed by atoms with E-state index in [2.05, 4.69) is 5.32 Å². The van der Waals surface area contributed by atoms with Crippen molar-refractivity contribution < 1.29 is 8.78 Å². The standard InChI is InChI=1S/C16H14F2N2/c1-20-10-11(13-4-2-3-5-16(13)20)9-19-15-8-12(17)6-7-14(15)18/h2-8,10,19H,9H2,1H3. The predicted octanol–water partition coefficient (Wildman–Crippen LogP) is 4.07. The molecule has 0 atom stereocenters. The van der Waals surface area contributed by atoms with Crippen LogP contribution < -0.4 is 5.32 Å². The number of nitrogens with zero attached hydrogens (tertiary/aromatic N) is 1. The van der Waals surface area contributed by atoms with Gasteiger partial charge in [-0.3, -0.25) is 0 Å². The van der Waals surface area contributed by atoms with Gasteiger partial charge in [0.25, 0.3) is 0 Å². The molecule has 0 aliphatic rings. The summed E-state index contributed by atoms with van der Waals surface area (Å²) < 4.78 is 28.7. The van der Waals surface area contributed by atoms with Gasteiger partial charge in [-0.25, -0.2) is 8.78 Å². The molecule has 20 heavy (non-hydrogen) atoms. The number of aromatic nitrogens is 1. The van der Waals surface area contributed by atoms with E-state index < -0.39 is 11.6 Å². The first-order chi connectivity index (χ1) is 9.65. The molecule has 1 heterocycles. The Morgan fingerprint density at radius 1 is 1.10 bits per heavy atom. The van der Waals surface area contributed by atoms with Crippen LogP contribution in [-0.4, -0.2) is 4.57 Å². The molecule has 0 fully saturated rings. The molecular formula is C16H14F2N2. The lowest BCUT2D eigenvalue weighted by Crippen LogP contribution is -2.01. The summed E-state index contributed by atoms with van der Waals surface area (Å²) in [7, 11) is 1.97. The molecule has 2 nitrogen and oxygen atoms in total. The van der Waals surface area contributed by atoms with Crippen LogP contribution in [0, 0.1) is 11.6 Å². The monoisotopic (exact) mass is 272 g/mol. The third kappa shape index (κ3) is 2.25. The number of benzene rings is 2. The first-order valence-corrected chi connectivity index (χ1v) is 6.37. The number of rotatable bonds is 3. The van der Waals surface area contributed by atoms with Gasteiger partial charge < -0.3 is 9.88 Å². The molecular weight excluding hydrogens is 258 g/mol. The van der Waals surface area contributed by atoms with Gasteiger partial charge in [-0.05, 0) is 29.8 Å². The Kier molecular flexibility index (Phi) is 3.14. The molecule has 0 spiro atoms. The minimum atomic E-state index is -0.452. The number of aryl methyl sites for hydroxylation is 1. The zero-order chi connectivity index (χ0) is 14.1. The molecule has 1 aromatic heterocycles. The highest BCUT2D eigenvalue weighted by molar-refractivity contribution is 5.84. The highest BCUT2D eigenvalue weighted by atomic mass is 19.1. The highest BCUT2D eigenvalue weighted by Gasteiger charge is 2.07. The van der Waals surface area contributed by atoms with Crippen LogP contribution in [0.1, 0.15) is 5.56 Å². The highest BCUT2D eigenvalue weighted by Crippen LogP contribution is 2.22. The van der Waals surface area contributed by atoms with E-state index in [0.29, 0.717) is 6.54 Å². The van der Waals surface area contributed by atoms with E-state index in [0.717, 1.165) is 28.6 Å². The van der Waals surface area contributed by atoms with Gasteiger partial charge in [-0.2, -0.15) is 0 Å². The Morgan fingerprint density at radius 2 is 1.90 bits per heavy atom. The summed E-state index contributed by atoms with van der Waals surface area (Å²) in [5.74, 6) is -0.904. The molecule has 3 rings (SSSR count). The number of hydrogen-bond acceptors (Lipinski definition) is 1. The zero-order valence-electron chi connectivity index (χ0n) is 11.0. The largest absolute Gasteiger partial charge is 0.378 e. The van der Waals surface area contributed by atoms with Crippen molar-refractivity contribution in [3.63, 3.8) is 0 Å². The molecule has 0 saturated carbocycles. The van der Waals surface area contributed by atoms with Crippen LogP contribution in [0.4, 0.5) is 14.5 Å². The minimum Gasteiger partial charge on any atom is -0.378 e. The second-order valence-electron chi connectivity index (χ2n) is 4.76. The number of halogens is 2. The molecule has 3 aromatic rings. The fourth-order valence-corrected chi connectivity index (χ4v) is 2.39. The van der Waals surface area contributed by atoms with Crippen LogP contribution in [0.15, 0.2) is 48.7 Å². The van der Waals surface area contributed by atoms with Gasteiger partial charge in [-0.15, -0.1) is 0 Å². The lowest BCUT2D eigenvalue weighted by molar-refractivity contribution is 0.602. The van der Waals surface area contributed by atoms with Crippen molar-refractivity contribution in [3.8, 4) is 0 Å². The summed E-state index contributed by atoms with van der Waals surface area (Å²) in [6.07, 6.45) is 1.99. The number of hydrogen-bond donors (Lipinski definition) is 1. The molecule has 0 radical (unpaired) electrons. The molecule has 0 unspecified atom stereocenters. The van der Waals surface area contributed by atoms with Crippen LogP contribution in [0.25, 0.3) is 10.9 Å². The fourth-order valence-electron chi connectivity index (χ4n) is 2.39. The van der Waals surface area contributed by atoms with E-state index >= 15 is 0 Å². The first-order valence-electron chi connectivity index (χ1n) is 6.37. The summed E-state index contributed by atoms with van der Waals surface area (Å²) in [5.41, 5.74) is 2.34. The molecule has 0 aliphatic carbocycles. The normalized spacial score (nSPS) is 10.9. The minimum absolute atomic E-state index is 0.179. The average molecular weight is 272 g/mol. The number of para-hydroxylation sites is 1. The van der Waals surface area contributed by atoms with Crippen LogP contribution in [0.2, 0.25) is 0 Å². The van der Waals surface area contributed by atoms with Gasteiger partial charge in [0.2, 0.25) is 0 Å². The number of fused-ring (bicyclic) bond motifs is 1. The second-order valence-corrected chi connectivity index (χ2v) is 4.76. The van der Waals surface area contributed by atoms with Gasteiger partial charge in [0.05, 0.1) is 5.69 Å². The molecule has 1 N–H and O–H groups in total. The lowest BCUT2D eigenvalue weighted by Gasteiger charge is -2.07. The van der Waals surface area contributed by atoms with Crippen LogP contribution in [-0.2, 0) is 13.6 Å². The summed E-state index contributed by atoms with van der Waals surface area (Å²) in [6, 6.07) is 11.4. The van der Waals surface area contributed by atoms with Crippen molar-refractivity contribution in [3.05, 3.63) is 65.9 Å². The average Bonchev–Trinajstić information content (AvgIpc) is 2.77. The maximum Gasteiger partial charge on any atom is 0.146 e. The fraction of sp³-hybridized carbons (Fsp3) is 0.125. The third-order valence-electron chi connectivity index (χ3n) is 3.38. The molecule has 0 aliphatic heterocycles. The van der Waals surface area contributed by atoms with Gasteiger partial charge in [0.1, 0.15) is 11.6 Å². The Labute approximate surface area is 115 Å². The van der Waals surface area contributed by atoms with E-state index in [4.69, 9.17) is 0 Å². The third-order valence-corrected chi connectivity index (χ3v) is 3.38. The smallest absolute Gasteiger partial charge is 0.146 e. The Balaban J connectivity index is 1.89. The second kappa shape index (κ2) is 4.96. The van der Waals surface area contributed by atoms with Crippen LogP contribution >= 0.6 is 0 Å². The van der Waals surface area contributed by atoms with Crippen molar-refractivity contribution >= 4 is 16.6 Å². The van der Waals surface area contributed by atoms with Crippen LogP contribution in [0.3, 0.4) is 0 Å².